The normalized spacial score (nSPS) is 14.1. The van der Waals surface area contributed by atoms with E-state index in [0.29, 0.717) is 17.1 Å². The van der Waals surface area contributed by atoms with Crippen LogP contribution in [0.25, 0.3) is 28.0 Å². The molecule has 0 unspecified atom stereocenters. The van der Waals surface area contributed by atoms with E-state index in [4.69, 9.17) is 9.98 Å². The lowest BCUT2D eigenvalue weighted by molar-refractivity contribution is 0.627. The number of rotatable bonds is 5. The van der Waals surface area contributed by atoms with Gasteiger partial charge in [-0.2, -0.15) is 0 Å². The van der Waals surface area contributed by atoms with Gasteiger partial charge < -0.3 is 4.98 Å². The summed E-state index contributed by atoms with van der Waals surface area (Å²) >= 11 is 0. The van der Waals surface area contributed by atoms with Crippen LogP contribution in [0.3, 0.4) is 0 Å². The fourth-order valence-electron chi connectivity index (χ4n) is 4.37. The summed E-state index contributed by atoms with van der Waals surface area (Å²) in [5.41, 5.74) is 7.40. The van der Waals surface area contributed by atoms with E-state index >= 15 is 0 Å². The highest BCUT2D eigenvalue weighted by Crippen LogP contribution is 2.36. The zero-order chi connectivity index (χ0) is 24.3. The van der Waals surface area contributed by atoms with Gasteiger partial charge in [0.15, 0.2) is 5.84 Å². The van der Waals surface area contributed by atoms with Crippen molar-refractivity contribution in [1.29, 1.82) is 0 Å². The van der Waals surface area contributed by atoms with E-state index in [1.807, 2.05) is 78.9 Å². The summed E-state index contributed by atoms with van der Waals surface area (Å²) in [6.45, 7) is 0. The fraction of sp³-hybridized carbons (Fsp3) is 0. The number of nitrogens with zero attached hydrogens (tertiary/aromatic N) is 2. The van der Waals surface area contributed by atoms with E-state index in [9.17, 15) is 4.39 Å². The van der Waals surface area contributed by atoms with Gasteiger partial charge in [-0.15, -0.1) is 0 Å². The maximum atomic E-state index is 14.0. The van der Waals surface area contributed by atoms with Gasteiger partial charge in [0, 0.05) is 22.4 Å². The van der Waals surface area contributed by atoms with E-state index in [1.165, 1.54) is 12.1 Å². The predicted molar refractivity (Wildman–Crippen MR) is 146 cm³/mol. The van der Waals surface area contributed by atoms with Crippen molar-refractivity contribution < 1.29 is 4.39 Å². The highest BCUT2D eigenvalue weighted by atomic mass is 19.1. The Labute approximate surface area is 209 Å². The molecule has 1 aromatic heterocycles. The average Bonchev–Trinajstić information content (AvgIpc) is 3.55. The van der Waals surface area contributed by atoms with Gasteiger partial charge in [-0.3, -0.25) is 0 Å². The Bertz CT molecular complexity index is 1610. The molecule has 0 saturated carbocycles. The van der Waals surface area contributed by atoms with Crippen molar-refractivity contribution in [2.24, 2.45) is 9.98 Å². The molecule has 0 saturated heterocycles. The molecule has 0 fully saturated rings. The van der Waals surface area contributed by atoms with Crippen molar-refractivity contribution in [3.05, 3.63) is 144 Å². The summed E-state index contributed by atoms with van der Waals surface area (Å²) in [7, 11) is 0. The molecule has 0 amide bonds. The Hall–Kier alpha value is -4.83. The minimum atomic E-state index is -0.293. The third kappa shape index (κ3) is 4.32. The maximum Gasteiger partial charge on any atom is 0.162 e. The lowest BCUT2D eigenvalue weighted by Crippen LogP contribution is -1.96. The topological polar surface area (TPSA) is 40.5 Å². The maximum absolute atomic E-state index is 14.0. The van der Waals surface area contributed by atoms with Crippen LogP contribution in [0.1, 0.15) is 11.1 Å². The molecule has 0 bridgehead atoms. The van der Waals surface area contributed by atoms with E-state index < -0.39 is 0 Å². The summed E-state index contributed by atoms with van der Waals surface area (Å²) in [6.07, 6.45) is 1.98. The standard InChI is InChI=1S/C32H22FN3/c33-26-18-10-17-25(19-26)30-21-28(23-13-6-2-7-14-23)32(35-30)36-31-27(22-11-4-1-5-12-22)20-29(34-31)24-15-8-3-9-16-24/h1-21,34H/b36-32-. The largest absolute Gasteiger partial charge is 0.339 e. The highest BCUT2D eigenvalue weighted by molar-refractivity contribution is 6.38. The number of amidine groups is 1. The average molecular weight is 468 g/mol. The molecule has 6 rings (SSSR count). The summed E-state index contributed by atoms with van der Waals surface area (Å²) in [6, 6.07) is 39.0. The molecule has 172 valence electrons. The fourth-order valence-corrected chi connectivity index (χ4v) is 4.37. The van der Waals surface area contributed by atoms with Crippen molar-refractivity contribution in [1.82, 2.24) is 4.98 Å². The molecule has 5 aromatic rings. The molecule has 1 N–H and O–H groups in total. The van der Waals surface area contributed by atoms with Crippen molar-refractivity contribution in [3.8, 4) is 22.4 Å². The van der Waals surface area contributed by atoms with Gasteiger partial charge in [-0.1, -0.05) is 103 Å². The number of hydrogen-bond acceptors (Lipinski definition) is 1. The van der Waals surface area contributed by atoms with Crippen LogP contribution in [0.15, 0.2) is 137 Å². The van der Waals surface area contributed by atoms with Crippen LogP contribution in [0.2, 0.25) is 0 Å². The number of hydrogen-bond donors (Lipinski definition) is 1. The molecular weight excluding hydrogens is 445 g/mol. The van der Waals surface area contributed by atoms with Gasteiger partial charge >= 0.3 is 0 Å². The molecule has 36 heavy (non-hydrogen) atoms. The zero-order valence-corrected chi connectivity index (χ0v) is 19.4. The Morgan fingerprint density at radius 1 is 0.611 bits per heavy atom. The zero-order valence-electron chi connectivity index (χ0n) is 19.4. The van der Waals surface area contributed by atoms with Crippen LogP contribution in [-0.4, -0.2) is 16.5 Å². The van der Waals surface area contributed by atoms with Crippen LogP contribution >= 0.6 is 0 Å². The van der Waals surface area contributed by atoms with Gasteiger partial charge in [-0.25, -0.2) is 14.4 Å². The summed E-state index contributed by atoms with van der Waals surface area (Å²) in [4.78, 5) is 13.4. The Kier molecular flexibility index (Phi) is 5.68. The second-order valence-corrected chi connectivity index (χ2v) is 8.54. The van der Waals surface area contributed by atoms with Crippen LogP contribution in [0.4, 0.5) is 10.2 Å². The molecule has 1 aliphatic rings. The first kappa shape index (κ1) is 21.7. The molecule has 0 radical (unpaired) electrons. The molecule has 0 spiro atoms. The number of aromatic nitrogens is 1. The quantitative estimate of drug-likeness (QED) is 0.271. The second kappa shape index (κ2) is 9.43. The Morgan fingerprint density at radius 3 is 1.89 bits per heavy atom. The number of H-pyrrole nitrogens is 1. The minimum Gasteiger partial charge on any atom is -0.339 e. The van der Waals surface area contributed by atoms with Crippen molar-refractivity contribution in [2.75, 3.05) is 0 Å². The van der Waals surface area contributed by atoms with Crippen LogP contribution in [0, 0.1) is 5.82 Å². The van der Waals surface area contributed by atoms with Gasteiger partial charge in [0.05, 0.1) is 5.71 Å². The smallest absolute Gasteiger partial charge is 0.162 e. The molecule has 2 heterocycles. The van der Waals surface area contributed by atoms with Crippen LogP contribution < -0.4 is 0 Å². The molecule has 0 aliphatic carbocycles. The van der Waals surface area contributed by atoms with Crippen molar-refractivity contribution in [3.63, 3.8) is 0 Å². The van der Waals surface area contributed by atoms with Crippen molar-refractivity contribution >= 4 is 22.9 Å². The molecule has 1 aliphatic heterocycles. The van der Waals surface area contributed by atoms with Gasteiger partial charge in [0.25, 0.3) is 0 Å². The third-order valence-corrected chi connectivity index (χ3v) is 6.14. The van der Waals surface area contributed by atoms with Crippen molar-refractivity contribution in [2.45, 2.75) is 0 Å². The molecular formula is C32H22FN3. The number of allylic oxidation sites excluding steroid dienone is 1. The number of aromatic amines is 1. The van der Waals surface area contributed by atoms with Gasteiger partial charge in [0.2, 0.25) is 0 Å². The predicted octanol–water partition coefficient (Wildman–Crippen LogP) is 8.10. The second-order valence-electron chi connectivity index (χ2n) is 8.54. The first-order valence-electron chi connectivity index (χ1n) is 11.8. The SMILES string of the molecule is Fc1cccc(C2=N/C(=N\c3[nH]c(-c4ccccc4)cc3-c3ccccc3)C(c3ccccc3)=C2)c1. The number of halogens is 1. The molecule has 0 atom stereocenters. The van der Waals surface area contributed by atoms with Crippen LogP contribution in [-0.2, 0) is 0 Å². The minimum absolute atomic E-state index is 0.293. The van der Waals surface area contributed by atoms with Crippen LogP contribution in [0.5, 0.6) is 0 Å². The number of nitrogens with one attached hydrogen (secondary N) is 1. The van der Waals surface area contributed by atoms with E-state index in [1.54, 1.807) is 6.07 Å². The van der Waals surface area contributed by atoms with E-state index in [0.717, 1.165) is 39.3 Å². The van der Waals surface area contributed by atoms with Gasteiger partial charge in [0.1, 0.15) is 11.6 Å². The first-order chi connectivity index (χ1) is 17.7. The number of aliphatic imine (C=N–C) groups is 2. The third-order valence-electron chi connectivity index (χ3n) is 6.14. The summed E-state index contributed by atoms with van der Waals surface area (Å²) in [5, 5.41) is 0. The lowest BCUT2D eigenvalue weighted by atomic mass is 10.0. The van der Waals surface area contributed by atoms with E-state index in [2.05, 4.69) is 35.3 Å². The molecule has 3 nitrogen and oxygen atoms in total. The lowest BCUT2D eigenvalue weighted by Gasteiger charge is -2.04. The monoisotopic (exact) mass is 467 g/mol. The summed E-state index contributed by atoms with van der Waals surface area (Å²) in [5.74, 6) is 1.01. The molecule has 4 aromatic carbocycles. The highest BCUT2D eigenvalue weighted by Gasteiger charge is 2.21. The summed E-state index contributed by atoms with van der Waals surface area (Å²) < 4.78 is 14.0. The first-order valence-corrected chi connectivity index (χ1v) is 11.8. The Balaban J connectivity index is 1.52. The van der Waals surface area contributed by atoms with Gasteiger partial charge in [-0.05, 0) is 41.0 Å². The van der Waals surface area contributed by atoms with E-state index in [-0.39, 0.29) is 5.82 Å². The Morgan fingerprint density at radius 2 is 1.22 bits per heavy atom. The number of benzene rings is 4. The molecule has 4 heteroatoms.